The van der Waals surface area contributed by atoms with Gasteiger partial charge in [0.25, 0.3) is 10.1 Å². The lowest BCUT2D eigenvalue weighted by Crippen LogP contribution is -2.50. The highest BCUT2D eigenvalue weighted by molar-refractivity contribution is 7.86. The molecule has 150 valence electrons. The van der Waals surface area contributed by atoms with Crippen LogP contribution in [-0.4, -0.2) is 56.9 Å². The van der Waals surface area contributed by atoms with Crippen molar-refractivity contribution in [1.29, 1.82) is 0 Å². The minimum absolute atomic E-state index is 0.0835. The lowest BCUT2D eigenvalue weighted by Gasteiger charge is -2.38. The van der Waals surface area contributed by atoms with Crippen molar-refractivity contribution >= 4 is 16.2 Å². The monoisotopic (exact) mass is 396 g/mol. The zero-order valence-corrected chi connectivity index (χ0v) is 16.5. The van der Waals surface area contributed by atoms with E-state index in [4.69, 9.17) is 8.92 Å². The van der Waals surface area contributed by atoms with Crippen molar-refractivity contribution in [3.8, 4) is 0 Å². The van der Waals surface area contributed by atoms with E-state index in [1.807, 2.05) is 30.3 Å². The van der Waals surface area contributed by atoms with Crippen LogP contribution >= 0.6 is 0 Å². The summed E-state index contributed by atoms with van der Waals surface area (Å²) >= 11 is 0. The maximum absolute atomic E-state index is 12.0. The number of ether oxygens (including phenoxy) is 1. The predicted molar refractivity (Wildman–Crippen MR) is 102 cm³/mol. The van der Waals surface area contributed by atoms with Crippen molar-refractivity contribution in [2.75, 3.05) is 19.3 Å². The van der Waals surface area contributed by atoms with E-state index in [9.17, 15) is 13.2 Å². The summed E-state index contributed by atoms with van der Waals surface area (Å²) in [6, 6.07) is 9.82. The van der Waals surface area contributed by atoms with E-state index in [1.165, 1.54) is 0 Å². The Hall–Kier alpha value is -1.64. The Balaban J connectivity index is 1.41. The first-order valence-electron chi connectivity index (χ1n) is 9.50. The number of carbonyl (C=O) groups is 1. The number of hydrogen-bond donors (Lipinski definition) is 1. The molecule has 1 heterocycles. The number of amides is 1. The Morgan fingerprint density at radius 1 is 1.15 bits per heavy atom. The number of hydrogen-bond acceptors (Lipinski definition) is 6. The summed E-state index contributed by atoms with van der Waals surface area (Å²) in [5.74, 6) is 0. The third-order valence-electron chi connectivity index (χ3n) is 5.25. The molecular formula is C19H28N2O5S. The van der Waals surface area contributed by atoms with Gasteiger partial charge in [-0.15, -0.1) is 0 Å². The smallest absolute Gasteiger partial charge is 0.407 e. The predicted octanol–water partition coefficient (Wildman–Crippen LogP) is 2.27. The molecule has 0 spiro atoms. The first-order chi connectivity index (χ1) is 12.9. The molecule has 1 saturated heterocycles. The summed E-state index contributed by atoms with van der Waals surface area (Å²) in [4.78, 5) is 14.3. The Labute approximate surface area is 161 Å². The van der Waals surface area contributed by atoms with Gasteiger partial charge in [0.2, 0.25) is 0 Å². The lowest BCUT2D eigenvalue weighted by molar-refractivity contribution is 0.0680. The second kappa shape index (κ2) is 9.03. The fourth-order valence-electron chi connectivity index (χ4n) is 3.97. The molecule has 2 aliphatic rings. The van der Waals surface area contributed by atoms with Crippen molar-refractivity contribution in [1.82, 2.24) is 10.2 Å². The van der Waals surface area contributed by atoms with Crippen LogP contribution in [0.15, 0.2) is 30.3 Å². The van der Waals surface area contributed by atoms with Crippen LogP contribution in [0.25, 0.3) is 0 Å². The molecule has 0 radical (unpaired) electrons. The van der Waals surface area contributed by atoms with E-state index >= 15 is 0 Å². The van der Waals surface area contributed by atoms with E-state index in [0.29, 0.717) is 0 Å². The number of likely N-dealkylation sites (tertiary alicyclic amines) is 1. The zero-order valence-electron chi connectivity index (χ0n) is 15.7. The van der Waals surface area contributed by atoms with Crippen LogP contribution in [0, 0.1) is 0 Å². The molecule has 0 bridgehead atoms. The number of piperidine rings is 1. The number of benzene rings is 1. The van der Waals surface area contributed by atoms with Crippen LogP contribution in [-0.2, 0) is 25.6 Å². The summed E-state index contributed by atoms with van der Waals surface area (Å²) < 4.78 is 33.5. The van der Waals surface area contributed by atoms with Gasteiger partial charge in [-0.1, -0.05) is 30.3 Å². The quantitative estimate of drug-likeness (QED) is 0.743. The molecule has 7 nitrogen and oxygen atoms in total. The highest BCUT2D eigenvalue weighted by Gasteiger charge is 2.36. The standard InChI is InChI=1S/C19H28N2O5S/c1-27(23,24)26-18-9-5-8-17(18)21-12-10-16(11-13-21)20-19(22)25-14-15-6-3-2-4-7-15/h2-4,6-7,16-18H,5,8-14H2,1H3,(H,20,22). The number of nitrogens with zero attached hydrogens (tertiary/aromatic N) is 1. The fourth-order valence-corrected chi connectivity index (χ4v) is 4.64. The van der Waals surface area contributed by atoms with Gasteiger partial charge in [0.15, 0.2) is 0 Å². The largest absolute Gasteiger partial charge is 0.445 e. The third-order valence-corrected chi connectivity index (χ3v) is 5.85. The van der Waals surface area contributed by atoms with E-state index in [-0.39, 0.29) is 24.8 Å². The summed E-state index contributed by atoms with van der Waals surface area (Å²) in [5.41, 5.74) is 0.959. The highest BCUT2D eigenvalue weighted by Crippen LogP contribution is 2.30. The van der Waals surface area contributed by atoms with Crippen LogP contribution in [0.4, 0.5) is 4.79 Å². The van der Waals surface area contributed by atoms with Crippen molar-refractivity contribution < 1.29 is 22.1 Å². The number of nitrogens with one attached hydrogen (secondary N) is 1. The third kappa shape index (κ3) is 6.19. The molecule has 1 saturated carbocycles. The van der Waals surface area contributed by atoms with Gasteiger partial charge in [0.1, 0.15) is 6.61 Å². The second-order valence-electron chi connectivity index (χ2n) is 7.35. The minimum Gasteiger partial charge on any atom is -0.445 e. The highest BCUT2D eigenvalue weighted by atomic mass is 32.2. The molecule has 1 aliphatic carbocycles. The van der Waals surface area contributed by atoms with Gasteiger partial charge in [0, 0.05) is 25.2 Å². The lowest BCUT2D eigenvalue weighted by atomic mass is 10.0. The zero-order chi connectivity index (χ0) is 19.3. The maximum atomic E-state index is 12.0. The number of carbonyl (C=O) groups excluding carboxylic acids is 1. The normalized spacial score (nSPS) is 24.6. The van der Waals surface area contributed by atoms with Crippen LogP contribution in [0.2, 0.25) is 0 Å². The van der Waals surface area contributed by atoms with Crippen LogP contribution in [0.3, 0.4) is 0 Å². The second-order valence-corrected chi connectivity index (χ2v) is 8.95. The van der Waals surface area contributed by atoms with Crippen molar-refractivity contribution in [2.45, 2.75) is 56.9 Å². The van der Waals surface area contributed by atoms with E-state index in [0.717, 1.165) is 57.0 Å². The molecule has 1 aliphatic heterocycles. The average Bonchev–Trinajstić information content (AvgIpc) is 3.08. The van der Waals surface area contributed by atoms with Crippen LogP contribution in [0.1, 0.15) is 37.7 Å². The van der Waals surface area contributed by atoms with E-state index < -0.39 is 16.2 Å². The van der Waals surface area contributed by atoms with E-state index in [1.54, 1.807) is 0 Å². The molecule has 27 heavy (non-hydrogen) atoms. The van der Waals surface area contributed by atoms with E-state index in [2.05, 4.69) is 10.2 Å². The molecule has 8 heteroatoms. The number of alkyl carbamates (subject to hydrolysis) is 1. The van der Waals surface area contributed by atoms with Crippen molar-refractivity contribution in [3.63, 3.8) is 0 Å². The molecule has 2 fully saturated rings. The number of rotatable bonds is 6. The molecular weight excluding hydrogens is 368 g/mol. The molecule has 1 N–H and O–H groups in total. The molecule has 3 rings (SSSR count). The van der Waals surface area contributed by atoms with Gasteiger partial charge < -0.3 is 10.1 Å². The van der Waals surface area contributed by atoms with Crippen LogP contribution in [0.5, 0.6) is 0 Å². The molecule has 1 aromatic rings. The van der Waals surface area contributed by atoms with Gasteiger partial charge in [-0.2, -0.15) is 8.42 Å². The average molecular weight is 397 g/mol. The summed E-state index contributed by atoms with van der Waals surface area (Å²) in [5, 5.41) is 2.93. The van der Waals surface area contributed by atoms with Gasteiger partial charge in [-0.3, -0.25) is 9.08 Å². The minimum atomic E-state index is -3.44. The molecule has 1 amide bonds. The SMILES string of the molecule is CS(=O)(=O)OC1CCCC1N1CCC(NC(=O)OCc2ccccc2)CC1. The summed E-state index contributed by atoms with van der Waals surface area (Å²) in [6.45, 7) is 1.90. The summed E-state index contributed by atoms with van der Waals surface area (Å²) in [7, 11) is -3.44. The topological polar surface area (TPSA) is 84.9 Å². The van der Waals surface area contributed by atoms with Crippen LogP contribution < -0.4 is 5.32 Å². The van der Waals surface area contributed by atoms with Gasteiger partial charge >= 0.3 is 6.09 Å². The first kappa shape index (κ1) is 20.1. The van der Waals surface area contributed by atoms with Gasteiger partial charge in [-0.05, 0) is 37.7 Å². The first-order valence-corrected chi connectivity index (χ1v) is 11.3. The van der Waals surface area contributed by atoms with Gasteiger partial charge in [-0.25, -0.2) is 4.79 Å². The van der Waals surface area contributed by atoms with Gasteiger partial charge in [0.05, 0.1) is 12.4 Å². The van der Waals surface area contributed by atoms with Crippen molar-refractivity contribution in [2.24, 2.45) is 0 Å². The Kier molecular flexibility index (Phi) is 6.73. The Morgan fingerprint density at radius 3 is 2.52 bits per heavy atom. The van der Waals surface area contributed by atoms with Crippen molar-refractivity contribution in [3.05, 3.63) is 35.9 Å². The molecule has 2 atom stereocenters. The Morgan fingerprint density at radius 2 is 1.85 bits per heavy atom. The Bertz CT molecular complexity index is 717. The molecule has 2 unspecified atom stereocenters. The molecule has 1 aromatic carbocycles. The fraction of sp³-hybridized carbons (Fsp3) is 0.632. The molecule has 0 aromatic heterocycles. The summed E-state index contributed by atoms with van der Waals surface area (Å²) in [6.07, 6.45) is 4.83. The maximum Gasteiger partial charge on any atom is 0.407 e.